The summed E-state index contributed by atoms with van der Waals surface area (Å²) in [7, 11) is 3.12. The first-order valence-corrected chi connectivity index (χ1v) is 9.79. The van der Waals surface area contributed by atoms with Crippen molar-refractivity contribution < 1.29 is 32.6 Å². The van der Waals surface area contributed by atoms with Crippen molar-refractivity contribution in [3.05, 3.63) is 35.0 Å². The predicted octanol–water partition coefficient (Wildman–Crippen LogP) is 1.13. The minimum absolute atomic E-state index is 0.00249. The van der Waals surface area contributed by atoms with Crippen LogP contribution in [-0.2, 0) is 20.5 Å². The molecule has 1 fully saturated rings. The maximum absolute atomic E-state index is 13.4. The standard InChI is InChI=1S/C20H25F3N4O4/c1-25-5-7-26(8-6-25)16-4-3-13(20(21,22)23)11-15(16)24-17-14(19(30)31-2)12-27(9-10-28)18(17)29/h3-4,11,24,28H,5-10,12H2,1-2H3. The van der Waals surface area contributed by atoms with Crippen molar-refractivity contribution in [2.24, 2.45) is 0 Å². The Morgan fingerprint density at radius 2 is 1.90 bits per heavy atom. The molecule has 1 amide bonds. The lowest BCUT2D eigenvalue weighted by atomic mass is 10.1. The highest BCUT2D eigenvalue weighted by molar-refractivity contribution is 6.09. The fourth-order valence-corrected chi connectivity index (χ4v) is 3.62. The minimum Gasteiger partial charge on any atom is -0.466 e. The van der Waals surface area contributed by atoms with E-state index in [1.807, 2.05) is 11.9 Å². The van der Waals surface area contributed by atoms with Crippen LogP contribution in [0.4, 0.5) is 24.5 Å². The highest BCUT2D eigenvalue weighted by Crippen LogP contribution is 2.37. The van der Waals surface area contributed by atoms with Crippen LogP contribution in [-0.4, -0.2) is 86.8 Å². The number of nitrogens with zero attached hydrogens (tertiary/aromatic N) is 3. The molecule has 2 heterocycles. The molecule has 2 N–H and O–H groups in total. The monoisotopic (exact) mass is 442 g/mol. The van der Waals surface area contributed by atoms with Crippen molar-refractivity contribution in [2.75, 3.05) is 70.2 Å². The van der Waals surface area contributed by atoms with Gasteiger partial charge in [0.25, 0.3) is 5.91 Å². The average Bonchev–Trinajstić information content (AvgIpc) is 3.03. The SMILES string of the molecule is COC(=O)C1=C(Nc2cc(C(F)(F)F)ccc2N2CCN(C)CC2)C(=O)N(CCO)C1. The van der Waals surface area contributed by atoms with E-state index in [-0.39, 0.29) is 36.7 Å². The molecule has 0 radical (unpaired) electrons. The topological polar surface area (TPSA) is 85.4 Å². The summed E-state index contributed by atoms with van der Waals surface area (Å²) in [5.74, 6) is -1.35. The second kappa shape index (κ2) is 9.15. The molecule has 0 spiro atoms. The summed E-state index contributed by atoms with van der Waals surface area (Å²) in [5.41, 5.74) is -0.426. The molecule has 0 aromatic heterocycles. The van der Waals surface area contributed by atoms with E-state index in [2.05, 4.69) is 10.2 Å². The normalized spacial score (nSPS) is 18.1. The summed E-state index contributed by atoms with van der Waals surface area (Å²) in [5, 5.41) is 12.0. The number of halogens is 3. The van der Waals surface area contributed by atoms with Crippen molar-refractivity contribution in [2.45, 2.75) is 6.18 Å². The minimum atomic E-state index is -4.57. The lowest BCUT2D eigenvalue weighted by Gasteiger charge is -2.35. The van der Waals surface area contributed by atoms with Crippen molar-refractivity contribution in [1.82, 2.24) is 9.80 Å². The first-order valence-electron chi connectivity index (χ1n) is 9.79. The number of aliphatic hydroxyl groups is 1. The molecule has 11 heteroatoms. The number of methoxy groups -OCH3 is 1. The summed E-state index contributed by atoms with van der Waals surface area (Å²) in [6.45, 7) is 2.24. The van der Waals surface area contributed by atoms with Crippen molar-refractivity contribution >= 4 is 23.3 Å². The van der Waals surface area contributed by atoms with Gasteiger partial charge in [0, 0.05) is 32.7 Å². The van der Waals surface area contributed by atoms with E-state index in [9.17, 15) is 27.9 Å². The zero-order valence-electron chi connectivity index (χ0n) is 17.3. The summed E-state index contributed by atoms with van der Waals surface area (Å²) >= 11 is 0. The fraction of sp³-hybridized carbons (Fsp3) is 0.500. The van der Waals surface area contributed by atoms with Crippen LogP contribution < -0.4 is 10.2 Å². The third-order valence-corrected chi connectivity index (χ3v) is 5.38. The second-order valence-corrected chi connectivity index (χ2v) is 7.44. The molecule has 0 bridgehead atoms. The van der Waals surface area contributed by atoms with Crippen LogP contribution in [0.25, 0.3) is 0 Å². The van der Waals surface area contributed by atoms with E-state index in [1.165, 1.54) is 11.0 Å². The number of likely N-dealkylation sites (N-methyl/N-ethyl adjacent to an activating group) is 1. The molecule has 31 heavy (non-hydrogen) atoms. The van der Waals surface area contributed by atoms with E-state index >= 15 is 0 Å². The molecule has 0 saturated carbocycles. The van der Waals surface area contributed by atoms with Crippen molar-refractivity contribution in [3.8, 4) is 0 Å². The Hall–Kier alpha value is -2.79. The van der Waals surface area contributed by atoms with Crippen LogP contribution in [0.1, 0.15) is 5.56 Å². The summed E-state index contributed by atoms with van der Waals surface area (Å²) in [4.78, 5) is 30.3. The Morgan fingerprint density at radius 1 is 1.23 bits per heavy atom. The number of ether oxygens (including phenoxy) is 1. The molecule has 2 aliphatic rings. The molecule has 2 aliphatic heterocycles. The van der Waals surface area contributed by atoms with Crippen LogP contribution >= 0.6 is 0 Å². The van der Waals surface area contributed by atoms with E-state index in [4.69, 9.17) is 4.74 Å². The van der Waals surface area contributed by atoms with Crippen molar-refractivity contribution in [1.29, 1.82) is 0 Å². The number of hydrogen-bond donors (Lipinski definition) is 2. The van der Waals surface area contributed by atoms with Gasteiger partial charge in [-0.3, -0.25) is 4.79 Å². The van der Waals surface area contributed by atoms with E-state index in [0.717, 1.165) is 32.3 Å². The van der Waals surface area contributed by atoms with E-state index in [1.54, 1.807) is 0 Å². The number of esters is 1. The second-order valence-electron chi connectivity index (χ2n) is 7.44. The average molecular weight is 442 g/mol. The van der Waals surface area contributed by atoms with Crippen LogP contribution in [0.5, 0.6) is 0 Å². The predicted molar refractivity (Wildman–Crippen MR) is 107 cm³/mol. The number of carbonyl (C=O) groups excluding carboxylic acids is 2. The third kappa shape index (κ3) is 4.93. The molecule has 0 atom stereocenters. The zero-order valence-corrected chi connectivity index (χ0v) is 17.3. The van der Waals surface area contributed by atoms with Gasteiger partial charge < -0.3 is 29.9 Å². The summed E-state index contributed by atoms with van der Waals surface area (Å²) < 4.78 is 44.8. The highest BCUT2D eigenvalue weighted by atomic mass is 19.4. The number of carbonyl (C=O) groups is 2. The Morgan fingerprint density at radius 3 is 2.48 bits per heavy atom. The van der Waals surface area contributed by atoms with Gasteiger partial charge in [0.15, 0.2) is 0 Å². The Balaban J connectivity index is 2.02. The molecule has 1 saturated heterocycles. The molecule has 3 rings (SSSR count). The lowest BCUT2D eigenvalue weighted by Crippen LogP contribution is -2.44. The molecule has 0 aliphatic carbocycles. The summed E-state index contributed by atoms with van der Waals surface area (Å²) in [6.07, 6.45) is -4.57. The third-order valence-electron chi connectivity index (χ3n) is 5.38. The van der Waals surface area contributed by atoms with Crippen LogP contribution in [0.3, 0.4) is 0 Å². The largest absolute Gasteiger partial charge is 0.466 e. The number of hydrogen-bond acceptors (Lipinski definition) is 7. The maximum atomic E-state index is 13.4. The van der Waals surface area contributed by atoms with Crippen LogP contribution in [0.15, 0.2) is 29.5 Å². The summed E-state index contributed by atoms with van der Waals surface area (Å²) in [6, 6.07) is 3.32. The molecule has 1 aromatic rings. The Labute approximate surface area is 177 Å². The zero-order chi connectivity index (χ0) is 22.8. The van der Waals surface area contributed by atoms with Gasteiger partial charge in [-0.05, 0) is 25.2 Å². The number of piperazine rings is 1. The molecular weight excluding hydrogens is 417 g/mol. The van der Waals surface area contributed by atoms with Gasteiger partial charge in [0.2, 0.25) is 0 Å². The number of aliphatic hydroxyl groups excluding tert-OH is 1. The number of benzene rings is 1. The van der Waals surface area contributed by atoms with Gasteiger partial charge >= 0.3 is 12.1 Å². The van der Waals surface area contributed by atoms with Gasteiger partial charge in [0.05, 0.1) is 42.8 Å². The van der Waals surface area contributed by atoms with Crippen LogP contribution in [0, 0.1) is 0 Å². The van der Waals surface area contributed by atoms with Gasteiger partial charge in [0.1, 0.15) is 5.70 Å². The number of alkyl halides is 3. The Bertz CT molecular complexity index is 880. The molecule has 8 nitrogen and oxygen atoms in total. The maximum Gasteiger partial charge on any atom is 0.416 e. The molecule has 0 unspecified atom stereocenters. The first-order chi connectivity index (χ1) is 14.7. The molecule has 170 valence electrons. The number of nitrogens with one attached hydrogen (secondary N) is 1. The first kappa shape index (κ1) is 22.9. The molecule has 1 aromatic carbocycles. The smallest absolute Gasteiger partial charge is 0.416 e. The fourth-order valence-electron chi connectivity index (χ4n) is 3.62. The van der Waals surface area contributed by atoms with Gasteiger partial charge in [-0.25, -0.2) is 4.79 Å². The lowest BCUT2D eigenvalue weighted by molar-refractivity contribution is -0.138. The highest BCUT2D eigenvalue weighted by Gasteiger charge is 2.36. The van der Waals surface area contributed by atoms with E-state index in [0.29, 0.717) is 18.8 Å². The van der Waals surface area contributed by atoms with E-state index < -0.39 is 23.6 Å². The van der Waals surface area contributed by atoms with Gasteiger partial charge in [-0.2, -0.15) is 13.2 Å². The Kier molecular flexibility index (Phi) is 6.75. The van der Waals surface area contributed by atoms with Crippen LogP contribution in [0.2, 0.25) is 0 Å². The van der Waals surface area contributed by atoms with Crippen molar-refractivity contribution in [3.63, 3.8) is 0 Å². The number of anilines is 2. The number of β-amino-alcohol motifs (C(OH)–C–C–N with tert-alkyl or cyclic N) is 1. The van der Waals surface area contributed by atoms with Gasteiger partial charge in [-0.15, -0.1) is 0 Å². The van der Waals surface area contributed by atoms with Gasteiger partial charge in [-0.1, -0.05) is 0 Å². The molecular formula is C20H25F3N4O4. The number of rotatable bonds is 6. The quantitative estimate of drug-likeness (QED) is 0.639. The number of amides is 1.